The van der Waals surface area contributed by atoms with E-state index in [9.17, 15) is 9.59 Å². The summed E-state index contributed by atoms with van der Waals surface area (Å²) >= 11 is 0. The third-order valence-corrected chi connectivity index (χ3v) is 4.91. The van der Waals surface area contributed by atoms with Crippen LogP contribution in [0.4, 0.5) is 4.79 Å². The van der Waals surface area contributed by atoms with E-state index < -0.39 is 0 Å². The Kier molecular flexibility index (Phi) is 5.79. The van der Waals surface area contributed by atoms with Crippen LogP contribution in [0, 0.1) is 0 Å². The number of urea groups is 1. The molecule has 0 spiro atoms. The number of likely N-dealkylation sites (tertiary alicyclic amines) is 2. The number of carbonyl (C=O) groups is 2. The van der Waals surface area contributed by atoms with Gasteiger partial charge < -0.3 is 19.9 Å². The van der Waals surface area contributed by atoms with Gasteiger partial charge in [0.25, 0.3) is 5.91 Å². The molecule has 136 valence electrons. The zero-order valence-corrected chi connectivity index (χ0v) is 14.9. The molecule has 2 aliphatic rings. The van der Waals surface area contributed by atoms with Gasteiger partial charge in [0, 0.05) is 32.2 Å². The first-order valence-electron chi connectivity index (χ1n) is 9.25. The number of para-hydroxylation sites is 1. The van der Waals surface area contributed by atoms with Crippen molar-refractivity contribution in [2.75, 3.05) is 32.8 Å². The van der Waals surface area contributed by atoms with Gasteiger partial charge in [0.1, 0.15) is 5.75 Å². The molecule has 0 saturated carbocycles. The summed E-state index contributed by atoms with van der Waals surface area (Å²) in [6, 6.07) is 7.56. The summed E-state index contributed by atoms with van der Waals surface area (Å²) in [5, 5.41) is 3.09. The van der Waals surface area contributed by atoms with Gasteiger partial charge in [-0.25, -0.2) is 4.79 Å². The number of rotatable bonds is 4. The van der Waals surface area contributed by atoms with Crippen LogP contribution in [0.3, 0.4) is 0 Å². The molecule has 0 radical (unpaired) electrons. The van der Waals surface area contributed by atoms with Gasteiger partial charge in [-0.3, -0.25) is 4.79 Å². The molecule has 3 amide bonds. The molecule has 2 fully saturated rings. The largest absolute Gasteiger partial charge is 0.493 e. The Hall–Kier alpha value is -2.24. The minimum Gasteiger partial charge on any atom is -0.493 e. The first-order valence-corrected chi connectivity index (χ1v) is 9.25. The molecule has 0 unspecified atom stereocenters. The second-order valence-corrected chi connectivity index (χ2v) is 6.64. The molecule has 0 aliphatic carbocycles. The van der Waals surface area contributed by atoms with E-state index >= 15 is 0 Å². The summed E-state index contributed by atoms with van der Waals surface area (Å²) in [5.74, 6) is 0.512. The second-order valence-electron chi connectivity index (χ2n) is 6.64. The predicted molar refractivity (Wildman–Crippen MR) is 95.9 cm³/mol. The summed E-state index contributed by atoms with van der Waals surface area (Å²) in [7, 11) is 0. The van der Waals surface area contributed by atoms with Gasteiger partial charge in [-0.15, -0.1) is 0 Å². The lowest BCUT2D eigenvalue weighted by Gasteiger charge is -2.34. The number of carbonyl (C=O) groups excluding carboxylic acids is 2. The Morgan fingerprint density at radius 2 is 1.72 bits per heavy atom. The number of piperidine rings is 1. The van der Waals surface area contributed by atoms with Gasteiger partial charge >= 0.3 is 6.03 Å². The normalized spacial score (nSPS) is 18.3. The minimum absolute atomic E-state index is 0.102. The summed E-state index contributed by atoms with van der Waals surface area (Å²) in [6.45, 7) is 5.59. The Bertz CT molecular complexity index is 606. The minimum atomic E-state index is -0.103. The van der Waals surface area contributed by atoms with Crippen molar-refractivity contribution in [3.05, 3.63) is 29.8 Å². The van der Waals surface area contributed by atoms with Crippen molar-refractivity contribution in [2.24, 2.45) is 0 Å². The topological polar surface area (TPSA) is 61.9 Å². The molecule has 1 aromatic rings. The lowest BCUT2D eigenvalue weighted by Crippen LogP contribution is -2.50. The molecule has 6 nitrogen and oxygen atoms in total. The van der Waals surface area contributed by atoms with Crippen molar-refractivity contribution in [2.45, 2.75) is 38.6 Å². The van der Waals surface area contributed by atoms with E-state index in [0.717, 1.165) is 38.8 Å². The van der Waals surface area contributed by atoms with Gasteiger partial charge in [0.2, 0.25) is 0 Å². The van der Waals surface area contributed by atoms with E-state index in [0.29, 0.717) is 31.0 Å². The van der Waals surface area contributed by atoms with Crippen molar-refractivity contribution in [1.82, 2.24) is 15.1 Å². The van der Waals surface area contributed by atoms with Gasteiger partial charge in [-0.05, 0) is 44.7 Å². The van der Waals surface area contributed by atoms with Crippen molar-refractivity contribution in [3.8, 4) is 5.75 Å². The average molecular weight is 345 g/mol. The highest BCUT2D eigenvalue weighted by atomic mass is 16.5. The molecule has 2 aliphatic heterocycles. The van der Waals surface area contributed by atoms with Crippen molar-refractivity contribution >= 4 is 11.9 Å². The highest BCUT2D eigenvalue weighted by molar-refractivity contribution is 5.97. The maximum atomic E-state index is 12.6. The van der Waals surface area contributed by atoms with Crippen LogP contribution in [0.15, 0.2) is 24.3 Å². The fourth-order valence-electron chi connectivity index (χ4n) is 3.52. The summed E-state index contributed by atoms with van der Waals surface area (Å²) in [4.78, 5) is 28.8. The monoisotopic (exact) mass is 345 g/mol. The van der Waals surface area contributed by atoms with E-state index in [-0.39, 0.29) is 18.0 Å². The van der Waals surface area contributed by atoms with E-state index in [4.69, 9.17) is 4.74 Å². The zero-order valence-electron chi connectivity index (χ0n) is 14.9. The number of nitrogens with zero attached hydrogens (tertiary/aromatic N) is 2. The van der Waals surface area contributed by atoms with Crippen LogP contribution in [0.2, 0.25) is 0 Å². The highest BCUT2D eigenvalue weighted by Gasteiger charge is 2.28. The number of ether oxygens (including phenoxy) is 1. The molecular formula is C19H27N3O3. The molecule has 0 bridgehead atoms. The summed E-state index contributed by atoms with van der Waals surface area (Å²) in [5.41, 5.74) is 0.569. The molecular weight excluding hydrogens is 318 g/mol. The molecule has 3 rings (SSSR count). The van der Waals surface area contributed by atoms with Crippen LogP contribution in [0.25, 0.3) is 0 Å². The van der Waals surface area contributed by atoms with Gasteiger partial charge in [0.15, 0.2) is 0 Å². The molecule has 6 heteroatoms. The SMILES string of the molecule is CCOc1ccccc1C(=O)NC1CCN(C(=O)N2CCCC2)CC1. The molecule has 2 saturated heterocycles. The maximum Gasteiger partial charge on any atom is 0.319 e. The Morgan fingerprint density at radius 1 is 1.08 bits per heavy atom. The molecule has 0 aromatic heterocycles. The number of benzene rings is 1. The lowest BCUT2D eigenvalue weighted by atomic mass is 10.0. The van der Waals surface area contributed by atoms with Crippen molar-refractivity contribution in [1.29, 1.82) is 0 Å². The highest BCUT2D eigenvalue weighted by Crippen LogP contribution is 2.20. The number of amides is 3. The quantitative estimate of drug-likeness (QED) is 0.912. The van der Waals surface area contributed by atoms with Gasteiger partial charge in [-0.2, -0.15) is 0 Å². The van der Waals surface area contributed by atoms with E-state index in [2.05, 4.69) is 5.32 Å². The lowest BCUT2D eigenvalue weighted by molar-refractivity contribution is 0.0909. The second kappa shape index (κ2) is 8.23. The number of hydrogen-bond acceptors (Lipinski definition) is 3. The zero-order chi connectivity index (χ0) is 17.6. The van der Waals surface area contributed by atoms with Gasteiger partial charge in [0.05, 0.1) is 12.2 Å². The molecule has 2 heterocycles. The molecule has 25 heavy (non-hydrogen) atoms. The first-order chi connectivity index (χ1) is 12.2. The Morgan fingerprint density at radius 3 is 2.40 bits per heavy atom. The third kappa shape index (κ3) is 4.24. The first kappa shape index (κ1) is 17.6. The van der Waals surface area contributed by atoms with Crippen molar-refractivity contribution < 1.29 is 14.3 Å². The van der Waals surface area contributed by atoms with Crippen LogP contribution >= 0.6 is 0 Å². The van der Waals surface area contributed by atoms with Crippen molar-refractivity contribution in [3.63, 3.8) is 0 Å². The Labute approximate surface area is 149 Å². The van der Waals surface area contributed by atoms with Crippen LogP contribution < -0.4 is 10.1 Å². The molecule has 1 aromatic carbocycles. The smallest absolute Gasteiger partial charge is 0.319 e. The molecule has 1 N–H and O–H groups in total. The fraction of sp³-hybridized carbons (Fsp3) is 0.579. The van der Waals surface area contributed by atoms with Crippen LogP contribution in [0.5, 0.6) is 5.75 Å². The summed E-state index contributed by atoms with van der Waals surface area (Å²) < 4.78 is 5.53. The average Bonchev–Trinajstić information content (AvgIpc) is 3.17. The number of nitrogens with one attached hydrogen (secondary N) is 1. The van der Waals surface area contributed by atoms with E-state index in [1.54, 1.807) is 6.07 Å². The summed E-state index contributed by atoms with van der Waals surface area (Å²) in [6.07, 6.45) is 3.80. The third-order valence-electron chi connectivity index (χ3n) is 4.91. The predicted octanol–water partition coefficient (Wildman–Crippen LogP) is 2.50. The molecule has 0 atom stereocenters. The fourth-order valence-corrected chi connectivity index (χ4v) is 3.52. The number of hydrogen-bond donors (Lipinski definition) is 1. The van der Waals surface area contributed by atoms with Gasteiger partial charge in [-0.1, -0.05) is 12.1 Å². The van der Waals surface area contributed by atoms with E-state index in [1.807, 2.05) is 34.9 Å². The van der Waals surface area contributed by atoms with Crippen LogP contribution in [0.1, 0.15) is 43.0 Å². The van der Waals surface area contributed by atoms with E-state index in [1.165, 1.54) is 0 Å². The van der Waals surface area contributed by atoms with Crippen LogP contribution in [-0.2, 0) is 0 Å². The van der Waals surface area contributed by atoms with Crippen LogP contribution in [-0.4, -0.2) is 60.6 Å². The Balaban J connectivity index is 1.52. The maximum absolute atomic E-state index is 12.6. The standard InChI is InChI=1S/C19H27N3O3/c1-2-25-17-8-4-3-7-16(17)18(23)20-15-9-13-22(14-10-15)19(24)21-11-5-6-12-21/h3-4,7-8,15H,2,5-6,9-14H2,1H3,(H,20,23).